The van der Waals surface area contributed by atoms with Crippen molar-refractivity contribution in [2.45, 2.75) is 26.0 Å². The smallest absolute Gasteiger partial charge is 0.261 e. The number of thiophene rings is 1. The van der Waals surface area contributed by atoms with Gasteiger partial charge in [-0.3, -0.25) is 4.79 Å². The Labute approximate surface area is 127 Å². The quantitative estimate of drug-likeness (QED) is 0.905. The van der Waals surface area contributed by atoms with E-state index in [2.05, 4.69) is 5.32 Å². The first-order valence-electron chi connectivity index (χ1n) is 6.33. The molecule has 1 amide bonds. The van der Waals surface area contributed by atoms with E-state index in [1.165, 1.54) is 11.3 Å². The Morgan fingerprint density at radius 1 is 1.20 bits per heavy atom. The number of hydrogen-bond donors (Lipinski definition) is 1. The second-order valence-electron chi connectivity index (χ2n) is 4.45. The molecule has 2 aromatic rings. The first kappa shape index (κ1) is 14.9. The molecule has 0 aliphatic rings. The van der Waals surface area contributed by atoms with Gasteiger partial charge in [0.15, 0.2) is 6.10 Å². The molecule has 0 fully saturated rings. The first-order chi connectivity index (χ1) is 9.56. The van der Waals surface area contributed by atoms with E-state index in [4.69, 9.17) is 16.3 Å². The highest BCUT2D eigenvalue weighted by atomic mass is 35.5. The maximum atomic E-state index is 12.1. The molecule has 1 heterocycles. The first-order valence-corrected chi connectivity index (χ1v) is 7.53. The fraction of sp³-hybridized carbons (Fsp3) is 0.267. The van der Waals surface area contributed by atoms with Crippen LogP contribution in [0.15, 0.2) is 42.5 Å². The summed E-state index contributed by atoms with van der Waals surface area (Å²) in [6, 6.07) is 13.0. The highest BCUT2D eigenvalue weighted by Gasteiger charge is 2.18. The van der Waals surface area contributed by atoms with Gasteiger partial charge < -0.3 is 10.1 Å². The second kappa shape index (κ2) is 6.77. The van der Waals surface area contributed by atoms with Crippen LogP contribution in [-0.4, -0.2) is 12.0 Å². The topological polar surface area (TPSA) is 38.3 Å². The van der Waals surface area contributed by atoms with Gasteiger partial charge in [-0.2, -0.15) is 0 Å². The summed E-state index contributed by atoms with van der Waals surface area (Å²) in [5, 5.41) is 2.92. The fourth-order valence-electron chi connectivity index (χ4n) is 1.72. The molecule has 1 N–H and O–H groups in total. The summed E-state index contributed by atoms with van der Waals surface area (Å²) in [7, 11) is 0. The van der Waals surface area contributed by atoms with Crippen molar-refractivity contribution in [2.24, 2.45) is 0 Å². The van der Waals surface area contributed by atoms with Crippen LogP contribution in [0.1, 0.15) is 24.8 Å². The molecule has 0 radical (unpaired) electrons. The van der Waals surface area contributed by atoms with Gasteiger partial charge in [0.05, 0.1) is 10.4 Å². The molecule has 1 aromatic carbocycles. The summed E-state index contributed by atoms with van der Waals surface area (Å²) >= 11 is 7.36. The van der Waals surface area contributed by atoms with Gasteiger partial charge in [0.25, 0.3) is 5.91 Å². The second-order valence-corrected chi connectivity index (χ2v) is 6.19. The zero-order chi connectivity index (χ0) is 14.5. The predicted molar refractivity (Wildman–Crippen MR) is 82.4 cm³/mol. The predicted octanol–water partition coefficient (Wildman–Crippen LogP) is 4.05. The molecule has 0 saturated carbocycles. The molecule has 2 atom stereocenters. The largest absolute Gasteiger partial charge is 0.481 e. The van der Waals surface area contributed by atoms with Crippen LogP contribution in [0.25, 0.3) is 0 Å². The third-order valence-electron chi connectivity index (χ3n) is 2.80. The van der Waals surface area contributed by atoms with Crippen molar-refractivity contribution in [2.75, 3.05) is 0 Å². The molecule has 3 nitrogen and oxygen atoms in total. The molecule has 0 saturated heterocycles. The Kier molecular flexibility index (Phi) is 5.04. The number of rotatable bonds is 5. The molecule has 0 aliphatic heterocycles. The van der Waals surface area contributed by atoms with Gasteiger partial charge in [0, 0.05) is 4.88 Å². The van der Waals surface area contributed by atoms with Crippen molar-refractivity contribution in [3.8, 4) is 5.75 Å². The number of halogens is 1. The Balaban J connectivity index is 1.91. The van der Waals surface area contributed by atoms with E-state index in [1.54, 1.807) is 6.92 Å². The Bertz CT molecular complexity index is 570. The summed E-state index contributed by atoms with van der Waals surface area (Å²) < 4.78 is 6.30. The van der Waals surface area contributed by atoms with Crippen molar-refractivity contribution in [1.29, 1.82) is 0 Å². The van der Waals surface area contributed by atoms with Crippen LogP contribution in [0.4, 0.5) is 0 Å². The molecule has 0 spiro atoms. The summed E-state index contributed by atoms with van der Waals surface area (Å²) in [5.74, 6) is 0.535. The van der Waals surface area contributed by atoms with E-state index in [1.807, 2.05) is 49.4 Å². The van der Waals surface area contributed by atoms with Crippen LogP contribution in [0, 0.1) is 0 Å². The minimum Gasteiger partial charge on any atom is -0.481 e. The number of ether oxygens (including phenoxy) is 1. The minimum absolute atomic E-state index is 0.0816. The molecule has 0 aliphatic carbocycles. The molecule has 0 bridgehead atoms. The normalized spacial score (nSPS) is 13.6. The van der Waals surface area contributed by atoms with Crippen LogP contribution >= 0.6 is 22.9 Å². The lowest BCUT2D eigenvalue weighted by Gasteiger charge is -2.18. The van der Waals surface area contributed by atoms with Crippen LogP contribution in [-0.2, 0) is 4.79 Å². The standard InChI is InChI=1S/C15H16ClNO2S/c1-10(13-8-9-14(16)20-13)17-15(18)11(2)19-12-6-4-3-5-7-12/h3-11H,1-2H3,(H,17,18). The molecule has 2 rings (SSSR count). The van der Waals surface area contributed by atoms with Crippen LogP contribution in [0.3, 0.4) is 0 Å². The van der Waals surface area contributed by atoms with E-state index in [0.717, 1.165) is 9.21 Å². The molecule has 106 valence electrons. The number of para-hydroxylation sites is 1. The Hall–Kier alpha value is -1.52. The van der Waals surface area contributed by atoms with E-state index >= 15 is 0 Å². The summed E-state index contributed by atoms with van der Waals surface area (Å²) in [4.78, 5) is 13.1. The third-order valence-corrected chi connectivity index (χ3v) is 4.22. The van der Waals surface area contributed by atoms with Crippen molar-refractivity contribution < 1.29 is 9.53 Å². The lowest BCUT2D eigenvalue weighted by atomic mass is 10.2. The lowest BCUT2D eigenvalue weighted by Crippen LogP contribution is -2.37. The van der Waals surface area contributed by atoms with Crippen molar-refractivity contribution in [3.63, 3.8) is 0 Å². The Morgan fingerprint density at radius 3 is 2.50 bits per heavy atom. The molecule has 1 aromatic heterocycles. The minimum atomic E-state index is -0.546. The number of amides is 1. The van der Waals surface area contributed by atoms with Gasteiger partial charge in [-0.1, -0.05) is 29.8 Å². The van der Waals surface area contributed by atoms with Crippen LogP contribution < -0.4 is 10.1 Å². The average Bonchev–Trinajstić information content (AvgIpc) is 2.86. The number of benzene rings is 1. The van der Waals surface area contributed by atoms with Gasteiger partial charge in [-0.25, -0.2) is 0 Å². The molecular weight excluding hydrogens is 294 g/mol. The zero-order valence-electron chi connectivity index (χ0n) is 11.3. The van der Waals surface area contributed by atoms with E-state index in [9.17, 15) is 4.79 Å². The number of carbonyl (C=O) groups is 1. The van der Waals surface area contributed by atoms with Crippen molar-refractivity contribution in [1.82, 2.24) is 5.32 Å². The van der Waals surface area contributed by atoms with Crippen LogP contribution in [0.5, 0.6) is 5.75 Å². The molecule has 2 unspecified atom stereocenters. The van der Waals surface area contributed by atoms with E-state index < -0.39 is 6.10 Å². The number of carbonyl (C=O) groups excluding carboxylic acids is 1. The summed E-state index contributed by atoms with van der Waals surface area (Å²) in [6.45, 7) is 3.66. The summed E-state index contributed by atoms with van der Waals surface area (Å²) in [5.41, 5.74) is 0. The SMILES string of the molecule is CC(Oc1ccccc1)C(=O)NC(C)c1ccc(Cl)s1. The van der Waals surface area contributed by atoms with Gasteiger partial charge in [0.1, 0.15) is 5.75 Å². The monoisotopic (exact) mass is 309 g/mol. The van der Waals surface area contributed by atoms with Crippen molar-refractivity contribution >= 4 is 28.8 Å². The number of hydrogen-bond acceptors (Lipinski definition) is 3. The molecule has 5 heteroatoms. The Morgan fingerprint density at radius 2 is 1.90 bits per heavy atom. The molecular formula is C15H16ClNO2S. The highest BCUT2D eigenvalue weighted by Crippen LogP contribution is 2.26. The van der Waals surface area contributed by atoms with E-state index in [-0.39, 0.29) is 11.9 Å². The zero-order valence-corrected chi connectivity index (χ0v) is 12.9. The third kappa shape index (κ3) is 3.99. The fourth-order valence-corrected chi connectivity index (χ4v) is 2.78. The van der Waals surface area contributed by atoms with Crippen molar-refractivity contribution in [3.05, 3.63) is 51.7 Å². The number of nitrogens with one attached hydrogen (secondary N) is 1. The van der Waals surface area contributed by atoms with E-state index in [0.29, 0.717) is 5.75 Å². The van der Waals surface area contributed by atoms with Crippen LogP contribution in [0.2, 0.25) is 4.34 Å². The maximum absolute atomic E-state index is 12.1. The molecule has 20 heavy (non-hydrogen) atoms. The van der Waals surface area contributed by atoms with Gasteiger partial charge in [-0.05, 0) is 38.1 Å². The summed E-state index contributed by atoms with van der Waals surface area (Å²) in [6.07, 6.45) is -0.546. The highest BCUT2D eigenvalue weighted by molar-refractivity contribution is 7.16. The van der Waals surface area contributed by atoms with Gasteiger partial charge in [-0.15, -0.1) is 11.3 Å². The average molecular weight is 310 g/mol. The van der Waals surface area contributed by atoms with Gasteiger partial charge in [0.2, 0.25) is 0 Å². The maximum Gasteiger partial charge on any atom is 0.261 e. The van der Waals surface area contributed by atoms with Gasteiger partial charge >= 0.3 is 0 Å². The lowest BCUT2D eigenvalue weighted by molar-refractivity contribution is -0.127.